The molecule has 12 heteroatoms. The van der Waals surface area contributed by atoms with E-state index in [9.17, 15) is 14.0 Å². The van der Waals surface area contributed by atoms with E-state index >= 15 is 0 Å². The Morgan fingerprint density at radius 2 is 1.85 bits per heavy atom. The van der Waals surface area contributed by atoms with Gasteiger partial charge in [-0.15, -0.1) is 0 Å². The Hall–Kier alpha value is -3.57. The molecule has 2 amide bonds. The van der Waals surface area contributed by atoms with E-state index in [1.807, 2.05) is 30.0 Å². The summed E-state index contributed by atoms with van der Waals surface area (Å²) in [5.74, 6) is 1.16. The molecule has 0 bridgehead atoms. The maximum Gasteiger partial charge on any atom is 0.257 e. The van der Waals surface area contributed by atoms with E-state index in [0.717, 1.165) is 5.56 Å². The quantitative estimate of drug-likeness (QED) is 0.192. The van der Waals surface area contributed by atoms with Crippen LogP contribution in [0.4, 0.5) is 10.2 Å². The zero-order valence-electron chi connectivity index (χ0n) is 23.5. The highest BCUT2D eigenvalue weighted by atomic mass is 35.5. The summed E-state index contributed by atoms with van der Waals surface area (Å²) >= 11 is 7.53. The minimum absolute atomic E-state index is 0.0607. The summed E-state index contributed by atoms with van der Waals surface area (Å²) < 4.78 is 24.8. The van der Waals surface area contributed by atoms with Crippen LogP contribution in [0, 0.1) is 5.82 Å². The average Bonchev–Trinajstić information content (AvgIpc) is 2.98. The Balaban J connectivity index is 1.32. The van der Waals surface area contributed by atoms with Gasteiger partial charge in [0.15, 0.2) is 16.7 Å². The second-order valence-corrected chi connectivity index (χ2v) is 11.0. The fraction of sp³-hybridized carbons (Fsp3) is 0.379. The lowest BCUT2D eigenvalue weighted by Crippen LogP contribution is -2.54. The van der Waals surface area contributed by atoms with E-state index in [0.29, 0.717) is 55.1 Å². The number of aromatic nitrogens is 2. The number of thioether (sulfide) groups is 1. The highest BCUT2D eigenvalue weighted by Crippen LogP contribution is 2.28. The molecule has 9 nitrogen and oxygen atoms in total. The fourth-order valence-corrected chi connectivity index (χ4v) is 5.58. The van der Waals surface area contributed by atoms with Gasteiger partial charge in [-0.3, -0.25) is 9.59 Å². The highest BCUT2D eigenvalue weighted by Gasteiger charge is 2.30. The second-order valence-electron chi connectivity index (χ2n) is 9.65. The number of carbonyl (C=O) groups excluding carboxylic acids is 2. The Bertz CT molecular complexity index is 1400. The van der Waals surface area contributed by atoms with Gasteiger partial charge in [0, 0.05) is 45.3 Å². The number of hydrogen-bond acceptors (Lipinski definition) is 8. The summed E-state index contributed by atoms with van der Waals surface area (Å²) in [6, 6.07) is 13.2. The minimum atomic E-state index is -0.530. The van der Waals surface area contributed by atoms with Gasteiger partial charge in [-0.25, -0.2) is 14.4 Å². The summed E-state index contributed by atoms with van der Waals surface area (Å²) in [4.78, 5) is 40.0. The molecule has 1 aliphatic rings. The number of halogens is 2. The van der Waals surface area contributed by atoms with Crippen LogP contribution in [0.3, 0.4) is 0 Å². The third kappa shape index (κ3) is 7.59. The maximum absolute atomic E-state index is 14.2. The van der Waals surface area contributed by atoms with Crippen molar-refractivity contribution in [1.82, 2.24) is 19.8 Å². The number of anilines is 1. The number of carbonyl (C=O) groups is 2. The highest BCUT2D eigenvalue weighted by molar-refractivity contribution is 7.99. The summed E-state index contributed by atoms with van der Waals surface area (Å²) in [6.45, 7) is 3.85. The van der Waals surface area contributed by atoms with Gasteiger partial charge < -0.3 is 24.2 Å². The summed E-state index contributed by atoms with van der Waals surface area (Å²) in [7, 11) is 4.94. The van der Waals surface area contributed by atoms with E-state index in [2.05, 4.69) is 9.97 Å². The lowest BCUT2D eigenvalue weighted by atomic mass is 10.1. The summed E-state index contributed by atoms with van der Waals surface area (Å²) in [5, 5.41) is 0.663. The number of amides is 2. The molecule has 1 aromatic heterocycles. The van der Waals surface area contributed by atoms with Crippen LogP contribution in [0.15, 0.2) is 53.7 Å². The molecular weight excluding hydrogens is 569 g/mol. The van der Waals surface area contributed by atoms with Gasteiger partial charge in [0.25, 0.3) is 5.91 Å². The molecule has 1 atom stereocenters. The van der Waals surface area contributed by atoms with Crippen molar-refractivity contribution in [3.8, 4) is 11.5 Å². The van der Waals surface area contributed by atoms with Crippen LogP contribution in [-0.2, 0) is 11.2 Å². The molecule has 3 aromatic rings. The second kappa shape index (κ2) is 13.9. The molecule has 41 heavy (non-hydrogen) atoms. The number of likely N-dealkylation sites (N-methyl/N-ethyl adjacent to an activating group) is 1. The molecule has 1 fully saturated rings. The van der Waals surface area contributed by atoms with Gasteiger partial charge in [0.1, 0.15) is 16.8 Å². The van der Waals surface area contributed by atoms with Crippen molar-refractivity contribution in [2.24, 2.45) is 0 Å². The molecule has 2 aromatic carbocycles. The largest absolute Gasteiger partial charge is 0.493 e. The van der Waals surface area contributed by atoms with Crippen LogP contribution in [0.1, 0.15) is 22.8 Å². The molecule has 218 valence electrons. The summed E-state index contributed by atoms with van der Waals surface area (Å²) in [6.07, 6.45) is 0.661. The number of hydrogen-bond donors (Lipinski definition) is 0. The first-order valence-electron chi connectivity index (χ1n) is 13.1. The van der Waals surface area contributed by atoms with E-state index < -0.39 is 5.82 Å². The molecule has 0 spiro atoms. The topological polar surface area (TPSA) is 88.1 Å². The van der Waals surface area contributed by atoms with Gasteiger partial charge in [0.2, 0.25) is 5.91 Å². The maximum atomic E-state index is 14.2. The third-order valence-electron chi connectivity index (χ3n) is 6.91. The van der Waals surface area contributed by atoms with E-state index in [4.69, 9.17) is 21.1 Å². The van der Waals surface area contributed by atoms with Crippen molar-refractivity contribution in [2.45, 2.75) is 24.5 Å². The van der Waals surface area contributed by atoms with Gasteiger partial charge in [-0.2, -0.15) is 0 Å². The first kappa shape index (κ1) is 30.4. The SMILES string of the molecule is COc1ccc(CCN(C)C(=O)CSc2nc(Cl)cc(N3CCN(C(=O)c4ccccc4F)C(C)C3)n2)cc1OC. The number of piperazine rings is 1. The smallest absolute Gasteiger partial charge is 0.257 e. The molecule has 0 N–H and O–H groups in total. The van der Waals surface area contributed by atoms with Gasteiger partial charge in [0.05, 0.1) is 25.5 Å². The number of ether oxygens (including phenoxy) is 2. The van der Waals surface area contributed by atoms with Crippen molar-refractivity contribution in [3.63, 3.8) is 0 Å². The molecule has 2 heterocycles. The molecule has 0 saturated carbocycles. The first-order valence-corrected chi connectivity index (χ1v) is 14.5. The van der Waals surface area contributed by atoms with Crippen molar-refractivity contribution >= 4 is 41.0 Å². The Morgan fingerprint density at radius 3 is 2.56 bits per heavy atom. The third-order valence-corrected chi connectivity index (χ3v) is 7.94. The van der Waals surface area contributed by atoms with Crippen LogP contribution in [0.5, 0.6) is 11.5 Å². The van der Waals surface area contributed by atoms with Crippen LogP contribution in [-0.4, -0.2) is 90.8 Å². The molecule has 1 aliphatic heterocycles. The van der Waals surface area contributed by atoms with E-state index in [1.54, 1.807) is 49.3 Å². The monoisotopic (exact) mass is 601 g/mol. The zero-order valence-corrected chi connectivity index (χ0v) is 25.0. The fourth-order valence-electron chi connectivity index (χ4n) is 4.56. The number of rotatable bonds is 10. The number of benzene rings is 2. The van der Waals surface area contributed by atoms with Gasteiger partial charge in [-0.05, 0) is 43.2 Å². The van der Waals surface area contributed by atoms with Crippen LogP contribution < -0.4 is 14.4 Å². The molecule has 0 aliphatic carbocycles. The molecule has 1 unspecified atom stereocenters. The lowest BCUT2D eigenvalue weighted by molar-refractivity contribution is -0.127. The van der Waals surface area contributed by atoms with Crippen molar-refractivity contribution < 1.29 is 23.5 Å². The first-order chi connectivity index (χ1) is 19.7. The van der Waals surface area contributed by atoms with Gasteiger partial charge >= 0.3 is 0 Å². The van der Waals surface area contributed by atoms with Crippen LogP contribution in [0.2, 0.25) is 5.15 Å². The van der Waals surface area contributed by atoms with Crippen molar-refractivity contribution in [3.05, 3.63) is 70.6 Å². The molecular formula is C29H33ClFN5O4S. The summed E-state index contributed by atoms with van der Waals surface area (Å²) in [5.41, 5.74) is 1.10. The Kier molecular flexibility index (Phi) is 10.3. The molecule has 0 radical (unpaired) electrons. The van der Waals surface area contributed by atoms with E-state index in [1.165, 1.54) is 23.9 Å². The standard InChI is InChI=1S/C29H33ClFN5O4S/c1-19-17-35(13-14-36(19)28(38)21-7-5-6-8-22(21)31)26-16-25(30)32-29(33-26)41-18-27(37)34(2)12-11-20-9-10-23(39-3)24(15-20)40-4/h5-10,15-16,19H,11-14,17-18H2,1-4H3. The van der Waals surface area contributed by atoms with Gasteiger partial charge in [-0.1, -0.05) is 41.6 Å². The lowest BCUT2D eigenvalue weighted by Gasteiger charge is -2.40. The number of nitrogens with zero attached hydrogens (tertiary/aromatic N) is 5. The van der Waals surface area contributed by atoms with Crippen LogP contribution in [0.25, 0.3) is 0 Å². The van der Waals surface area contributed by atoms with Crippen LogP contribution >= 0.6 is 23.4 Å². The predicted octanol–water partition coefficient (Wildman–Crippen LogP) is 4.43. The Morgan fingerprint density at radius 1 is 1.10 bits per heavy atom. The predicted molar refractivity (Wildman–Crippen MR) is 158 cm³/mol. The molecule has 4 rings (SSSR count). The van der Waals surface area contributed by atoms with Crippen molar-refractivity contribution in [1.29, 1.82) is 0 Å². The zero-order chi connectivity index (χ0) is 29.5. The molecule has 1 saturated heterocycles. The Labute approximate surface area is 248 Å². The normalized spacial score (nSPS) is 15.0. The number of methoxy groups -OCH3 is 2. The van der Waals surface area contributed by atoms with E-state index in [-0.39, 0.29) is 34.3 Å². The minimum Gasteiger partial charge on any atom is -0.493 e. The van der Waals surface area contributed by atoms with Crippen molar-refractivity contribution in [2.75, 3.05) is 58.1 Å². The average molecular weight is 602 g/mol.